The van der Waals surface area contributed by atoms with Crippen LogP contribution in [0.5, 0.6) is 0 Å². The number of anilines is 1. The Bertz CT molecular complexity index is 1110. The van der Waals surface area contributed by atoms with Crippen LogP contribution in [0, 0.1) is 5.92 Å². The van der Waals surface area contributed by atoms with Gasteiger partial charge in [0.05, 0.1) is 32.4 Å². The maximum Gasteiger partial charge on any atom is 0.262 e. The van der Waals surface area contributed by atoms with Crippen molar-refractivity contribution < 1.29 is 4.79 Å². The van der Waals surface area contributed by atoms with Crippen molar-refractivity contribution >= 4 is 69.1 Å². The van der Waals surface area contributed by atoms with Gasteiger partial charge in [-0.05, 0) is 36.2 Å². The predicted octanol–water partition coefficient (Wildman–Crippen LogP) is 5.74. The van der Waals surface area contributed by atoms with E-state index in [-0.39, 0.29) is 23.1 Å². The quantitative estimate of drug-likeness (QED) is 0.368. The molecule has 0 unspecified atom stereocenters. The van der Waals surface area contributed by atoms with E-state index in [9.17, 15) is 9.59 Å². The summed E-state index contributed by atoms with van der Waals surface area (Å²) in [6.07, 6.45) is 0. The summed E-state index contributed by atoms with van der Waals surface area (Å²) in [4.78, 5) is 30.0. The normalized spacial score (nSPS) is 11.2. The zero-order chi connectivity index (χ0) is 21.1. The Morgan fingerprint density at radius 1 is 1.17 bits per heavy atom. The average Bonchev–Trinajstić information content (AvgIpc) is 2.65. The van der Waals surface area contributed by atoms with Gasteiger partial charge in [0.15, 0.2) is 5.16 Å². The summed E-state index contributed by atoms with van der Waals surface area (Å²) in [6, 6.07) is 9.97. The van der Waals surface area contributed by atoms with Crippen molar-refractivity contribution in [2.75, 3.05) is 11.1 Å². The third-order valence-electron chi connectivity index (χ3n) is 3.99. The Morgan fingerprint density at radius 2 is 1.86 bits per heavy atom. The lowest BCUT2D eigenvalue weighted by Gasteiger charge is -2.15. The van der Waals surface area contributed by atoms with Crippen molar-refractivity contribution in [2.24, 2.45) is 5.92 Å². The standard InChI is InChI=1S/C20H18Cl3N3O2S/c1-11(2)9-26-19(28)13-7-6-12(21)8-16(13)24-20(26)29-10-17(27)25-18-14(22)4-3-5-15(18)23/h3-8,11H,9-10H2,1-2H3,(H,25,27). The largest absolute Gasteiger partial charge is 0.323 e. The molecule has 0 aliphatic heterocycles. The molecule has 3 rings (SSSR count). The SMILES string of the molecule is CC(C)Cn1c(SCC(=O)Nc2c(Cl)cccc2Cl)nc2cc(Cl)ccc2c1=O. The number of nitrogens with one attached hydrogen (secondary N) is 1. The highest BCUT2D eigenvalue weighted by molar-refractivity contribution is 7.99. The highest BCUT2D eigenvalue weighted by Crippen LogP contribution is 2.30. The molecule has 0 aliphatic carbocycles. The second kappa shape index (κ2) is 9.39. The van der Waals surface area contributed by atoms with E-state index in [0.717, 1.165) is 0 Å². The molecule has 0 atom stereocenters. The zero-order valence-corrected chi connectivity index (χ0v) is 18.8. The molecule has 3 aromatic rings. The van der Waals surface area contributed by atoms with E-state index in [1.165, 1.54) is 11.8 Å². The molecule has 152 valence electrons. The first kappa shape index (κ1) is 22.0. The molecule has 0 bridgehead atoms. The molecule has 29 heavy (non-hydrogen) atoms. The summed E-state index contributed by atoms with van der Waals surface area (Å²) >= 11 is 19.4. The number of amides is 1. The van der Waals surface area contributed by atoms with Crippen LogP contribution in [0.3, 0.4) is 0 Å². The second-order valence-corrected chi connectivity index (χ2v) is 8.99. The Labute approximate surface area is 187 Å². The lowest BCUT2D eigenvalue weighted by Crippen LogP contribution is -2.26. The number of nitrogens with zero attached hydrogens (tertiary/aromatic N) is 2. The fourth-order valence-corrected chi connectivity index (χ4v) is 4.20. The van der Waals surface area contributed by atoms with Gasteiger partial charge in [-0.15, -0.1) is 0 Å². The van der Waals surface area contributed by atoms with Gasteiger partial charge in [0, 0.05) is 11.6 Å². The lowest BCUT2D eigenvalue weighted by atomic mass is 10.2. The van der Waals surface area contributed by atoms with E-state index >= 15 is 0 Å². The molecule has 0 saturated carbocycles. The number of carbonyl (C=O) groups excluding carboxylic acids is 1. The first-order chi connectivity index (χ1) is 13.8. The molecule has 0 fully saturated rings. The summed E-state index contributed by atoms with van der Waals surface area (Å²) < 4.78 is 1.60. The molecule has 9 heteroatoms. The molecule has 1 heterocycles. The van der Waals surface area contributed by atoms with E-state index < -0.39 is 0 Å². The molecule has 5 nitrogen and oxygen atoms in total. The topological polar surface area (TPSA) is 64.0 Å². The zero-order valence-electron chi connectivity index (χ0n) is 15.7. The number of halogens is 3. The summed E-state index contributed by atoms with van der Waals surface area (Å²) in [5.74, 6) is -0.0334. The number of rotatable bonds is 6. The Kier molecular flexibility index (Phi) is 7.11. The van der Waals surface area contributed by atoms with Crippen molar-refractivity contribution in [1.82, 2.24) is 9.55 Å². The molecule has 2 aromatic carbocycles. The number of thioether (sulfide) groups is 1. The minimum Gasteiger partial charge on any atom is -0.323 e. The molecule has 0 saturated heterocycles. The van der Waals surface area contributed by atoms with Gasteiger partial charge in [-0.2, -0.15) is 0 Å². The number of benzene rings is 2. The molecule has 1 N–H and O–H groups in total. The first-order valence-electron chi connectivity index (χ1n) is 8.83. The van der Waals surface area contributed by atoms with Crippen LogP contribution < -0.4 is 10.9 Å². The highest BCUT2D eigenvalue weighted by Gasteiger charge is 2.16. The molecule has 0 aliphatic rings. The van der Waals surface area contributed by atoms with Gasteiger partial charge in [-0.3, -0.25) is 14.2 Å². The molecule has 1 aromatic heterocycles. The van der Waals surface area contributed by atoms with E-state index in [4.69, 9.17) is 34.8 Å². The van der Waals surface area contributed by atoms with E-state index in [1.807, 2.05) is 13.8 Å². The Morgan fingerprint density at radius 3 is 2.52 bits per heavy atom. The summed E-state index contributed by atoms with van der Waals surface area (Å²) in [5, 5.41) is 4.86. The molecule has 0 spiro atoms. The van der Waals surface area contributed by atoms with E-state index in [1.54, 1.807) is 41.0 Å². The van der Waals surface area contributed by atoms with Gasteiger partial charge in [0.2, 0.25) is 5.91 Å². The summed E-state index contributed by atoms with van der Waals surface area (Å²) in [7, 11) is 0. The smallest absolute Gasteiger partial charge is 0.262 e. The number of carbonyl (C=O) groups is 1. The van der Waals surface area contributed by atoms with Crippen molar-refractivity contribution in [3.63, 3.8) is 0 Å². The third kappa shape index (κ3) is 5.25. The minimum absolute atomic E-state index is 0.0398. The third-order valence-corrected chi connectivity index (χ3v) is 5.83. The first-order valence-corrected chi connectivity index (χ1v) is 10.9. The number of fused-ring (bicyclic) bond motifs is 1. The Balaban J connectivity index is 1.88. The maximum atomic E-state index is 13.0. The average molecular weight is 471 g/mol. The monoisotopic (exact) mass is 469 g/mol. The van der Waals surface area contributed by atoms with Crippen molar-refractivity contribution in [3.05, 3.63) is 61.8 Å². The summed E-state index contributed by atoms with van der Waals surface area (Å²) in [5.41, 5.74) is 0.705. The van der Waals surface area contributed by atoms with Gasteiger partial charge in [0.1, 0.15) is 0 Å². The van der Waals surface area contributed by atoms with Gasteiger partial charge >= 0.3 is 0 Å². The van der Waals surface area contributed by atoms with Crippen LogP contribution in [0.15, 0.2) is 46.3 Å². The molecule has 1 amide bonds. The van der Waals surface area contributed by atoms with Crippen LogP contribution in [-0.4, -0.2) is 21.2 Å². The van der Waals surface area contributed by atoms with Crippen LogP contribution >= 0.6 is 46.6 Å². The Hall–Kier alpha value is -1.73. The minimum atomic E-state index is -0.304. The maximum absolute atomic E-state index is 13.0. The number of aromatic nitrogens is 2. The van der Waals surface area contributed by atoms with Crippen molar-refractivity contribution in [1.29, 1.82) is 0 Å². The van der Waals surface area contributed by atoms with Crippen LogP contribution in [0.1, 0.15) is 13.8 Å². The van der Waals surface area contributed by atoms with Crippen LogP contribution in [0.2, 0.25) is 15.1 Å². The number of hydrogen-bond acceptors (Lipinski definition) is 4. The molecule has 0 radical (unpaired) electrons. The number of hydrogen-bond donors (Lipinski definition) is 1. The predicted molar refractivity (Wildman–Crippen MR) is 122 cm³/mol. The van der Waals surface area contributed by atoms with E-state index in [0.29, 0.717) is 43.4 Å². The van der Waals surface area contributed by atoms with Gasteiger partial charge in [-0.1, -0.05) is 66.5 Å². The molecular weight excluding hydrogens is 453 g/mol. The van der Waals surface area contributed by atoms with Crippen LogP contribution in [-0.2, 0) is 11.3 Å². The van der Waals surface area contributed by atoms with Crippen LogP contribution in [0.25, 0.3) is 10.9 Å². The van der Waals surface area contributed by atoms with Crippen LogP contribution in [0.4, 0.5) is 5.69 Å². The fourth-order valence-electron chi connectivity index (χ4n) is 2.73. The van der Waals surface area contributed by atoms with Gasteiger partial charge in [-0.25, -0.2) is 4.98 Å². The van der Waals surface area contributed by atoms with Crippen molar-refractivity contribution in [3.8, 4) is 0 Å². The van der Waals surface area contributed by atoms with E-state index in [2.05, 4.69) is 10.3 Å². The highest BCUT2D eigenvalue weighted by atomic mass is 35.5. The van der Waals surface area contributed by atoms with Gasteiger partial charge < -0.3 is 5.32 Å². The van der Waals surface area contributed by atoms with Crippen molar-refractivity contribution in [2.45, 2.75) is 25.5 Å². The number of para-hydroxylation sites is 1. The summed E-state index contributed by atoms with van der Waals surface area (Å²) in [6.45, 7) is 4.52. The second-order valence-electron chi connectivity index (χ2n) is 6.80. The fraction of sp³-hybridized carbons (Fsp3) is 0.250. The lowest BCUT2D eigenvalue weighted by molar-refractivity contribution is -0.113. The van der Waals surface area contributed by atoms with Gasteiger partial charge in [0.25, 0.3) is 5.56 Å². The molecular formula is C20H18Cl3N3O2S.